The molecule has 0 aromatic carbocycles. The van der Waals surface area contributed by atoms with E-state index in [2.05, 4.69) is 24.5 Å². The first kappa shape index (κ1) is 18.4. The third kappa shape index (κ3) is 6.92. The van der Waals surface area contributed by atoms with Crippen LogP contribution in [0.3, 0.4) is 0 Å². The smallest absolute Gasteiger partial charge is 0.219 e. The fourth-order valence-electron chi connectivity index (χ4n) is 2.81. The lowest BCUT2D eigenvalue weighted by molar-refractivity contribution is -0.128. The monoisotopic (exact) mass is 271 g/mol. The van der Waals surface area contributed by atoms with Crippen LogP contribution in [0.2, 0.25) is 0 Å². The lowest BCUT2D eigenvalue weighted by Crippen LogP contribution is -2.37. The Morgan fingerprint density at radius 2 is 1.74 bits per heavy atom. The normalized spacial score (nSPS) is 19.7. The van der Waals surface area contributed by atoms with Crippen LogP contribution in [0.4, 0.5) is 0 Å². The van der Waals surface area contributed by atoms with Crippen molar-refractivity contribution in [3.63, 3.8) is 0 Å². The summed E-state index contributed by atoms with van der Waals surface area (Å²) in [6.07, 6.45) is 6.03. The highest BCUT2D eigenvalue weighted by Gasteiger charge is 2.22. The van der Waals surface area contributed by atoms with Crippen molar-refractivity contribution in [1.82, 2.24) is 9.80 Å². The molecule has 0 bridgehead atoms. The van der Waals surface area contributed by atoms with Gasteiger partial charge in [0, 0.05) is 26.1 Å². The third-order valence-electron chi connectivity index (χ3n) is 3.68. The molecule has 1 unspecified atom stereocenters. The van der Waals surface area contributed by atoms with Crippen LogP contribution in [0.1, 0.15) is 52.9 Å². The maximum Gasteiger partial charge on any atom is 0.219 e. The Bertz CT molecular complexity index is 227. The van der Waals surface area contributed by atoms with E-state index in [1.165, 1.54) is 39.4 Å². The third-order valence-corrected chi connectivity index (χ3v) is 3.68. The molecule has 1 heterocycles. The van der Waals surface area contributed by atoms with Crippen molar-refractivity contribution >= 4 is 5.91 Å². The molecule has 4 nitrogen and oxygen atoms in total. The first-order chi connectivity index (χ1) is 9.19. The highest BCUT2D eigenvalue weighted by molar-refractivity contribution is 5.73. The van der Waals surface area contributed by atoms with E-state index in [-0.39, 0.29) is 5.91 Å². The van der Waals surface area contributed by atoms with E-state index < -0.39 is 0 Å². The number of carbonyl (C=O) groups excluding carboxylic acids is 1. The second kappa shape index (κ2) is 11.2. The van der Waals surface area contributed by atoms with E-state index in [4.69, 9.17) is 0 Å². The Balaban J connectivity index is 0.00000154. The van der Waals surface area contributed by atoms with Crippen LogP contribution in [0.15, 0.2) is 0 Å². The van der Waals surface area contributed by atoms with Crippen LogP contribution in [0.25, 0.3) is 0 Å². The summed E-state index contributed by atoms with van der Waals surface area (Å²) in [6, 6.07) is 0.694. The fourth-order valence-corrected chi connectivity index (χ4v) is 2.81. The highest BCUT2D eigenvalue weighted by atomic mass is 16.2. The number of rotatable bonds is 5. The summed E-state index contributed by atoms with van der Waals surface area (Å²) in [4.78, 5) is 16.0. The minimum atomic E-state index is 0.239. The zero-order valence-corrected chi connectivity index (χ0v) is 13.3. The molecule has 114 valence electrons. The Hall–Kier alpha value is -0.610. The average Bonchev–Trinajstić information content (AvgIpc) is 2.66. The van der Waals surface area contributed by atoms with E-state index in [1.807, 2.05) is 4.90 Å². The summed E-state index contributed by atoms with van der Waals surface area (Å²) in [5.74, 6) is 0.239. The van der Waals surface area contributed by atoms with E-state index in [9.17, 15) is 4.79 Å². The molecule has 4 heteroatoms. The molecule has 1 amide bonds. The van der Waals surface area contributed by atoms with Crippen molar-refractivity contribution in [2.45, 2.75) is 58.9 Å². The van der Waals surface area contributed by atoms with Crippen molar-refractivity contribution in [3.05, 3.63) is 0 Å². The van der Waals surface area contributed by atoms with Gasteiger partial charge in [-0.3, -0.25) is 4.79 Å². The highest BCUT2D eigenvalue weighted by Crippen LogP contribution is 2.17. The molecule has 2 N–H and O–H groups in total. The van der Waals surface area contributed by atoms with E-state index in [0.29, 0.717) is 6.04 Å². The van der Waals surface area contributed by atoms with E-state index >= 15 is 0 Å². The maximum absolute atomic E-state index is 11.4. The number of carbonyl (C=O) groups is 1. The van der Waals surface area contributed by atoms with Crippen molar-refractivity contribution in [3.8, 4) is 0 Å². The first-order valence-electron chi connectivity index (χ1n) is 7.76. The Labute approximate surface area is 119 Å². The van der Waals surface area contributed by atoms with Gasteiger partial charge in [-0.1, -0.05) is 13.8 Å². The van der Waals surface area contributed by atoms with Gasteiger partial charge in [-0.15, -0.1) is 0 Å². The molecular formula is C15H33N3O. The molecular weight excluding hydrogens is 238 g/mol. The van der Waals surface area contributed by atoms with Crippen LogP contribution >= 0.6 is 0 Å². The summed E-state index contributed by atoms with van der Waals surface area (Å²) in [6.45, 7) is 10.5. The van der Waals surface area contributed by atoms with Crippen molar-refractivity contribution in [2.75, 3.05) is 33.2 Å². The van der Waals surface area contributed by atoms with Crippen LogP contribution < -0.4 is 5.73 Å². The number of nitrogens with two attached hydrogens (primary N) is 1. The summed E-state index contributed by atoms with van der Waals surface area (Å²) >= 11 is 0. The topological polar surface area (TPSA) is 49.6 Å². The van der Waals surface area contributed by atoms with Crippen molar-refractivity contribution < 1.29 is 4.79 Å². The van der Waals surface area contributed by atoms with E-state index in [0.717, 1.165) is 25.9 Å². The average molecular weight is 271 g/mol. The van der Waals surface area contributed by atoms with Crippen LogP contribution in [-0.4, -0.2) is 55.0 Å². The van der Waals surface area contributed by atoms with Crippen molar-refractivity contribution in [1.29, 1.82) is 0 Å². The fraction of sp³-hybridized carbons (Fsp3) is 0.933. The molecule has 1 aliphatic heterocycles. The minimum Gasteiger partial charge on any atom is -0.343 e. The minimum absolute atomic E-state index is 0.239. The van der Waals surface area contributed by atoms with Gasteiger partial charge in [0.25, 0.3) is 0 Å². The van der Waals surface area contributed by atoms with Gasteiger partial charge in [0.05, 0.1) is 0 Å². The molecule has 0 spiro atoms. The van der Waals surface area contributed by atoms with Crippen LogP contribution in [-0.2, 0) is 4.79 Å². The molecule has 0 aliphatic carbocycles. The second-order valence-corrected chi connectivity index (χ2v) is 5.13. The quantitative estimate of drug-likeness (QED) is 0.833. The van der Waals surface area contributed by atoms with Gasteiger partial charge in [-0.25, -0.2) is 0 Å². The molecule has 19 heavy (non-hydrogen) atoms. The lowest BCUT2D eigenvalue weighted by Gasteiger charge is -2.30. The van der Waals surface area contributed by atoms with Gasteiger partial charge >= 0.3 is 0 Å². The Morgan fingerprint density at radius 1 is 1.16 bits per heavy atom. The SMILES string of the molecule is CCCN(CCC)C1CCCN(C(C)=O)CC1.CN. The summed E-state index contributed by atoms with van der Waals surface area (Å²) in [5.41, 5.74) is 4.50. The number of nitrogens with zero attached hydrogens (tertiary/aromatic N) is 2. The van der Waals surface area contributed by atoms with Gasteiger partial charge < -0.3 is 15.5 Å². The number of hydrogen-bond acceptors (Lipinski definition) is 3. The molecule has 1 atom stereocenters. The Morgan fingerprint density at radius 3 is 2.21 bits per heavy atom. The molecule has 0 aromatic rings. The van der Waals surface area contributed by atoms with Gasteiger partial charge in [0.1, 0.15) is 0 Å². The second-order valence-electron chi connectivity index (χ2n) is 5.13. The molecule has 0 radical (unpaired) electrons. The molecule has 1 rings (SSSR count). The molecule has 1 fully saturated rings. The van der Waals surface area contributed by atoms with Gasteiger partial charge in [-0.2, -0.15) is 0 Å². The maximum atomic E-state index is 11.4. The summed E-state index contributed by atoms with van der Waals surface area (Å²) in [5, 5.41) is 0. The summed E-state index contributed by atoms with van der Waals surface area (Å²) < 4.78 is 0. The van der Waals surface area contributed by atoms with Gasteiger partial charge in [0.15, 0.2) is 0 Å². The predicted octanol–water partition coefficient (Wildman–Crippen LogP) is 2.08. The number of likely N-dealkylation sites (tertiary alicyclic amines) is 1. The molecule has 1 saturated heterocycles. The van der Waals surface area contributed by atoms with Gasteiger partial charge in [0.2, 0.25) is 5.91 Å². The van der Waals surface area contributed by atoms with Crippen molar-refractivity contribution in [2.24, 2.45) is 5.73 Å². The zero-order valence-electron chi connectivity index (χ0n) is 13.3. The lowest BCUT2D eigenvalue weighted by atomic mass is 10.1. The molecule has 1 aliphatic rings. The van der Waals surface area contributed by atoms with E-state index in [1.54, 1.807) is 6.92 Å². The molecule has 0 aromatic heterocycles. The number of amides is 1. The predicted molar refractivity (Wildman–Crippen MR) is 82.2 cm³/mol. The largest absolute Gasteiger partial charge is 0.343 e. The van der Waals surface area contributed by atoms with Crippen LogP contribution in [0.5, 0.6) is 0 Å². The zero-order chi connectivity index (χ0) is 14.7. The number of hydrogen-bond donors (Lipinski definition) is 1. The first-order valence-corrected chi connectivity index (χ1v) is 7.76. The Kier molecular flexibility index (Phi) is 10.9. The summed E-state index contributed by atoms with van der Waals surface area (Å²) in [7, 11) is 1.50. The molecule has 0 saturated carbocycles. The van der Waals surface area contributed by atoms with Gasteiger partial charge in [-0.05, 0) is 52.2 Å². The van der Waals surface area contributed by atoms with Crippen LogP contribution in [0, 0.1) is 0 Å². The standard InChI is InChI=1S/C14H28N2O.CH5N/c1-4-9-16(10-5-2)14-7-6-11-15(12-8-14)13(3)17;1-2/h14H,4-12H2,1-3H3;2H2,1H3.